The summed E-state index contributed by atoms with van der Waals surface area (Å²) >= 11 is 0. The van der Waals surface area contributed by atoms with E-state index in [1.165, 1.54) is 0 Å². The number of rotatable bonds is 5. The first-order valence-electron chi connectivity index (χ1n) is 5.92. The molecule has 0 unspecified atom stereocenters. The standard InChI is InChI=1S/C12H26N2O2/c1-10(2)14(9-7-8-13-6)11(15)16-12(3,4)5/h10,13H,7-9H2,1-6H3. The largest absolute Gasteiger partial charge is 0.444 e. The van der Waals surface area contributed by atoms with Gasteiger partial charge in [0, 0.05) is 12.6 Å². The van der Waals surface area contributed by atoms with Crippen molar-refractivity contribution < 1.29 is 9.53 Å². The molecule has 0 rings (SSSR count). The second kappa shape index (κ2) is 6.74. The molecule has 0 bridgehead atoms. The van der Waals surface area contributed by atoms with Crippen LogP contribution in [-0.4, -0.2) is 42.8 Å². The van der Waals surface area contributed by atoms with Crippen LogP contribution >= 0.6 is 0 Å². The van der Waals surface area contributed by atoms with Gasteiger partial charge in [0.1, 0.15) is 5.60 Å². The summed E-state index contributed by atoms with van der Waals surface area (Å²) < 4.78 is 5.36. The van der Waals surface area contributed by atoms with Crippen LogP contribution in [-0.2, 0) is 4.74 Å². The first-order chi connectivity index (χ1) is 7.28. The monoisotopic (exact) mass is 230 g/mol. The molecule has 4 nitrogen and oxygen atoms in total. The van der Waals surface area contributed by atoms with Crippen LogP contribution in [0.5, 0.6) is 0 Å². The summed E-state index contributed by atoms with van der Waals surface area (Å²) in [6.07, 6.45) is 0.715. The van der Waals surface area contributed by atoms with Crippen molar-refractivity contribution in [2.75, 3.05) is 20.1 Å². The number of ether oxygens (including phenoxy) is 1. The van der Waals surface area contributed by atoms with Gasteiger partial charge >= 0.3 is 6.09 Å². The molecule has 0 fully saturated rings. The molecule has 0 saturated carbocycles. The Morgan fingerprint density at radius 3 is 2.31 bits per heavy atom. The van der Waals surface area contributed by atoms with Crippen molar-refractivity contribution in [3.8, 4) is 0 Å². The van der Waals surface area contributed by atoms with Gasteiger partial charge in [-0.05, 0) is 54.6 Å². The van der Waals surface area contributed by atoms with Gasteiger partial charge in [0.15, 0.2) is 0 Å². The minimum absolute atomic E-state index is 0.173. The highest BCUT2D eigenvalue weighted by molar-refractivity contribution is 5.68. The third-order valence-corrected chi connectivity index (χ3v) is 2.08. The van der Waals surface area contributed by atoms with Crippen LogP contribution in [0.25, 0.3) is 0 Å². The first-order valence-corrected chi connectivity index (χ1v) is 5.92. The van der Waals surface area contributed by atoms with Crippen molar-refractivity contribution in [2.24, 2.45) is 0 Å². The minimum atomic E-state index is -0.423. The Morgan fingerprint density at radius 2 is 1.94 bits per heavy atom. The molecule has 0 radical (unpaired) electrons. The Hall–Kier alpha value is -0.770. The zero-order valence-electron chi connectivity index (χ0n) is 11.5. The molecular formula is C12H26N2O2. The van der Waals surface area contributed by atoms with Gasteiger partial charge in [-0.3, -0.25) is 0 Å². The Kier molecular flexibility index (Phi) is 6.41. The molecule has 0 saturated heterocycles. The fourth-order valence-electron chi connectivity index (χ4n) is 1.31. The van der Waals surface area contributed by atoms with Crippen molar-refractivity contribution in [3.63, 3.8) is 0 Å². The van der Waals surface area contributed by atoms with Gasteiger partial charge in [0.2, 0.25) is 0 Å². The minimum Gasteiger partial charge on any atom is -0.444 e. The maximum Gasteiger partial charge on any atom is 0.410 e. The van der Waals surface area contributed by atoms with Gasteiger partial charge in [0.25, 0.3) is 0 Å². The van der Waals surface area contributed by atoms with Gasteiger partial charge in [-0.25, -0.2) is 4.79 Å². The summed E-state index contributed by atoms with van der Waals surface area (Å²) in [4.78, 5) is 13.6. The molecule has 96 valence electrons. The summed E-state index contributed by atoms with van der Waals surface area (Å²) in [7, 11) is 1.91. The number of nitrogens with one attached hydrogen (secondary N) is 1. The van der Waals surface area contributed by atoms with E-state index in [-0.39, 0.29) is 12.1 Å². The van der Waals surface area contributed by atoms with E-state index in [0.717, 1.165) is 19.5 Å². The molecule has 0 aliphatic rings. The number of amides is 1. The van der Waals surface area contributed by atoms with Crippen molar-refractivity contribution in [2.45, 2.75) is 52.7 Å². The highest BCUT2D eigenvalue weighted by atomic mass is 16.6. The summed E-state index contributed by atoms with van der Waals surface area (Å²) in [6, 6.07) is 0.173. The topological polar surface area (TPSA) is 41.6 Å². The third-order valence-electron chi connectivity index (χ3n) is 2.08. The van der Waals surface area contributed by atoms with Gasteiger partial charge in [-0.2, -0.15) is 0 Å². The molecule has 0 aromatic carbocycles. The van der Waals surface area contributed by atoms with E-state index in [1.54, 1.807) is 4.90 Å². The summed E-state index contributed by atoms with van der Waals surface area (Å²) in [5, 5.41) is 3.07. The first kappa shape index (κ1) is 15.2. The molecule has 0 aliphatic carbocycles. The molecule has 1 amide bonds. The molecule has 0 heterocycles. The second-order valence-corrected chi connectivity index (χ2v) is 5.22. The number of hydrogen-bond acceptors (Lipinski definition) is 3. The highest BCUT2D eigenvalue weighted by Gasteiger charge is 2.23. The zero-order chi connectivity index (χ0) is 12.8. The molecule has 1 N–H and O–H groups in total. The number of carbonyl (C=O) groups excluding carboxylic acids is 1. The molecule has 16 heavy (non-hydrogen) atoms. The summed E-state index contributed by atoms with van der Waals surface area (Å²) in [6.45, 7) is 11.3. The number of hydrogen-bond donors (Lipinski definition) is 1. The summed E-state index contributed by atoms with van der Waals surface area (Å²) in [5.41, 5.74) is -0.423. The van der Waals surface area contributed by atoms with E-state index in [0.29, 0.717) is 0 Å². The lowest BCUT2D eigenvalue weighted by Crippen LogP contribution is -2.42. The van der Waals surface area contributed by atoms with Crippen molar-refractivity contribution in [3.05, 3.63) is 0 Å². The SMILES string of the molecule is CNCCCN(C(=O)OC(C)(C)C)C(C)C. The smallest absolute Gasteiger partial charge is 0.410 e. The highest BCUT2D eigenvalue weighted by Crippen LogP contribution is 2.12. The molecule has 0 atom stereocenters. The number of carbonyl (C=O) groups is 1. The molecule has 4 heteroatoms. The molecule has 0 aromatic rings. The van der Waals surface area contributed by atoms with Gasteiger partial charge < -0.3 is 15.0 Å². The van der Waals surface area contributed by atoms with E-state index in [4.69, 9.17) is 4.74 Å². The average molecular weight is 230 g/mol. The van der Waals surface area contributed by atoms with E-state index in [9.17, 15) is 4.79 Å². The molecule has 0 spiro atoms. The lowest BCUT2D eigenvalue weighted by Gasteiger charge is -2.30. The van der Waals surface area contributed by atoms with Crippen LogP contribution in [0.15, 0.2) is 0 Å². The van der Waals surface area contributed by atoms with Crippen LogP contribution in [0, 0.1) is 0 Å². The van der Waals surface area contributed by atoms with Crippen molar-refractivity contribution in [1.29, 1.82) is 0 Å². The fraction of sp³-hybridized carbons (Fsp3) is 0.917. The zero-order valence-corrected chi connectivity index (χ0v) is 11.5. The van der Waals surface area contributed by atoms with Crippen LogP contribution in [0.4, 0.5) is 4.79 Å². The molecule has 0 aliphatic heterocycles. The maximum atomic E-state index is 11.9. The molecule has 0 aromatic heterocycles. The maximum absolute atomic E-state index is 11.9. The van der Waals surface area contributed by atoms with E-state index < -0.39 is 5.60 Å². The summed E-state index contributed by atoms with van der Waals surface area (Å²) in [5.74, 6) is 0. The van der Waals surface area contributed by atoms with Crippen LogP contribution in [0.3, 0.4) is 0 Å². The Labute approximate surface area is 99.3 Å². The van der Waals surface area contributed by atoms with Gasteiger partial charge in [-0.1, -0.05) is 0 Å². The fourth-order valence-corrected chi connectivity index (χ4v) is 1.31. The van der Waals surface area contributed by atoms with Crippen molar-refractivity contribution in [1.82, 2.24) is 10.2 Å². The molecular weight excluding hydrogens is 204 g/mol. The average Bonchev–Trinajstić information content (AvgIpc) is 2.08. The van der Waals surface area contributed by atoms with Crippen LogP contribution < -0.4 is 5.32 Å². The quantitative estimate of drug-likeness (QED) is 0.736. The van der Waals surface area contributed by atoms with Crippen molar-refractivity contribution >= 4 is 6.09 Å². The predicted molar refractivity (Wildman–Crippen MR) is 66.6 cm³/mol. The van der Waals surface area contributed by atoms with Crippen LogP contribution in [0.1, 0.15) is 41.0 Å². The Morgan fingerprint density at radius 1 is 1.38 bits per heavy atom. The van der Waals surface area contributed by atoms with Gasteiger partial charge in [0.05, 0.1) is 0 Å². The third kappa shape index (κ3) is 6.67. The predicted octanol–water partition coefficient (Wildman–Crippen LogP) is 2.24. The lowest BCUT2D eigenvalue weighted by atomic mass is 10.2. The normalized spacial score (nSPS) is 11.7. The Balaban J connectivity index is 4.25. The number of nitrogens with zero attached hydrogens (tertiary/aromatic N) is 1. The van der Waals surface area contributed by atoms with Crippen LogP contribution in [0.2, 0.25) is 0 Å². The van der Waals surface area contributed by atoms with Gasteiger partial charge in [-0.15, -0.1) is 0 Å². The van der Waals surface area contributed by atoms with E-state index >= 15 is 0 Å². The van der Waals surface area contributed by atoms with E-state index in [2.05, 4.69) is 5.32 Å². The van der Waals surface area contributed by atoms with E-state index in [1.807, 2.05) is 41.7 Å². The lowest BCUT2D eigenvalue weighted by molar-refractivity contribution is 0.0189. The Bertz CT molecular complexity index is 210. The second-order valence-electron chi connectivity index (χ2n) is 5.22.